The molecule has 0 aromatic heterocycles. The third kappa shape index (κ3) is 4.49. The summed E-state index contributed by atoms with van der Waals surface area (Å²) in [6, 6.07) is 14.2. The topological polar surface area (TPSA) is 66.4 Å². The molecule has 0 aliphatic carbocycles. The number of anilines is 1. The Morgan fingerprint density at radius 2 is 1.81 bits per heavy atom. The van der Waals surface area contributed by atoms with Gasteiger partial charge >= 0.3 is 0 Å². The highest BCUT2D eigenvalue weighted by atomic mass is 32.2. The van der Waals surface area contributed by atoms with Crippen LogP contribution >= 0.6 is 11.8 Å². The Morgan fingerprint density at radius 3 is 2.52 bits per heavy atom. The summed E-state index contributed by atoms with van der Waals surface area (Å²) >= 11 is 1.49. The normalized spacial score (nSPS) is 11.3. The zero-order valence-corrected chi connectivity index (χ0v) is 13.2. The molecule has 0 bridgehead atoms. The molecule has 2 aromatic rings. The fourth-order valence-electron chi connectivity index (χ4n) is 1.97. The highest BCUT2D eigenvalue weighted by molar-refractivity contribution is 7.99. The van der Waals surface area contributed by atoms with Crippen molar-refractivity contribution in [3.63, 3.8) is 0 Å². The average Bonchev–Trinajstić information content (AvgIpc) is 2.47. The van der Waals surface area contributed by atoms with Gasteiger partial charge in [0.05, 0.1) is 18.0 Å². The van der Waals surface area contributed by atoms with Crippen molar-refractivity contribution in [2.24, 2.45) is 0 Å². The van der Waals surface area contributed by atoms with E-state index in [0.717, 1.165) is 4.90 Å². The van der Waals surface area contributed by atoms with Crippen molar-refractivity contribution in [2.45, 2.75) is 17.3 Å². The Morgan fingerprint density at radius 1 is 1.10 bits per heavy atom. The molecular formula is C15H17NO3S2. The molecule has 0 radical (unpaired) electrons. The molecule has 0 heterocycles. The fourth-order valence-corrected chi connectivity index (χ4v) is 3.79. The summed E-state index contributed by atoms with van der Waals surface area (Å²) in [6.07, 6.45) is 1.90. The molecule has 0 fully saturated rings. The molecule has 0 aliphatic rings. The number of thioether (sulfide) groups is 1. The number of sulfonamides is 1. The number of aliphatic hydroxyl groups excluding tert-OH is 1. The van der Waals surface area contributed by atoms with Gasteiger partial charge in [0.25, 0.3) is 0 Å². The summed E-state index contributed by atoms with van der Waals surface area (Å²) in [5.74, 6) is -0.121. The molecule has 0 saturated heterocycles. The molecule has 0 unspecified atom stereocenters. The standard InChI is InChI=1S/C15H17NO3S2/c1-20-15-8-3-2-7-14(15)16-21(18,19)11-13-6-4-5-12(9-13)10-17/h2-9,16-17H,10-11H2,1H3. The molecule has 2 aromatic carbocycles. The van der Waals surface area contributed by atoms with Crippen LogP contribution in [0, 0.1) is 0 Å². The molecule has 2 N–H and O–H groups in total. The molecule has 112 valence electrons. The van der Waals surface area contributed by atoms with Crippen molar-refractivity contribution in [1.29, 1.82) is 0 Å². The van der Waals surface area contributed by atoms with Crippen LogP contribution in [-0.2, 0) is 22.4 Å². The molecule has 0 aliphatic heterocycles. The zero-order chi connectivity index (χ0) is 15.3. The second kappa shape index (κ2) is 6.98. The molecule has 0 atom stereocenters. The molecule has 0 saturated carbocycles. The Kier molecular flexibility index (Phi) is 5.27. The highest BCUT2D eigenvalue weighted by Crippen LogP contribution is 2.26. The van der Waals surface area contributed by atoms with Crippen LogP contribution < -0.4 is 4.72 Å². The minimum Gasteiger partial charge on any atom is -0.392 e. The first-order valence-corrected chi connectivity index (χ1v) is 9.24. The molecule has 2 rings (SSSR count). The molecule has 6 heteroatoms. The first-order chi connectivity index (χ1) is 10.0. The van der Waals surface area contributed by atoms with Gasteiger partial charge in [-0.3, -0.25) is 4.72 Å². The number of nitrogens with one attached hydrogen (secondary N) is 1. The predicted molar refractivity (Wildman–Crippen MR) is 86.8 cm³/mol. The first-order valence-electron chi connectivity index (χ1n) is 6.36. The minimum absolute atomic E-state index is 0.101. The Hall–Kier alpha value is -1.50. The lowest BCUT2D eigenvalue weighted by Gasteiger charge is -2.11. The van der Waals surface area contributed by atoms with Crippen molar-refractivity contribution in [2.75, 3.05) is 11.0 Å². The third-order valence-electron chi connectivity index (χ3n) is 2.90. The van der Waals surface area contributed by atoms with Gasteiger partial charge in [-0.2, -0.15) is 0 Å². The number of rotatable bonds is 6. The molecular weight excluding hydrogens is 306 g/mol. The van der Waals surface area contributed by atoms with E-state index in [0.29, 0.717) is 16.8 Å². The quantitative estimate of drug-likeness (QED) is 0.802. The molecule has 0 spiro atoms. The molecule has 4 nitrogen and oxygen atoms in total. The van der Waals surface area contributed by atoms with Gasteiger partial charge in [-0.05, 0) is 29.5 Å². The van der Waals surface area contributed by atoms with Crippen LogP contribution in [0.4, 0.5) is 5.69 Å². The van der Waals surface area contributed by atoms with Crippen LogP contribution in [0.1, 0.15) is 11.1 Å². The zero-order valence-electron chi connectivity index (χ0n) is 11.6. The second-order valence-corrected chi connectivity index (χ2v) is 7.11. The lowest BCUT2D eigenvalue weighted by Crippen LogP contribution is -2.15. The largest absolute Gasteiger partial charge is 0.392 e. The maximum atomic E-state index is 12.3. The van der Waals surface area contributed by atoms with Crippen LogP contribution in [0.25, 0.3) is 0 Å². The molecule has 0 amide bonds. The van der Waals surface area contributed by atoms with E-state index in [9.17, 15) is 8.42 Å². The van der Waals surface area contributed by atoms with E-state index >= 15 is 0 Å². The first kappa shape index (κ1) is 15.9. The van der Waals surface area contributed by atoms with Gasteiger partial charge in [-0.15, -0.1) is 11.8 Å². The lowest BCUT2D eigenvalue weighted by atomic mass is 10.1. The summed E-state index contributed by atoms with van der Waals surface area (Å²) in [5.41, 5.74) is 1.94. The third-order valence-corrected chi connectivity index (χ3v) is 4.94. The van der Waals surface area contributed by atoms with Crippen molar-refractivity contribution < 1.29 is 13.5 Å². The van der Waals surface area contributed by atoms with Gasteiger partial charge in [-0.1, -0.05) is 36.4 Å². The van der Waals surface area contributed by atoms with Crippen LogP contribution in [-0.4, -0.2) is 19.8 Å². The van der Waals surface area contributed by atoms with Crippen LogP contribution in [0.2, 0.25) is 0 Å². The van der Waals surface area contributed by atoms with Crippen LogP contribution in [0.5, 0.6) is 0 Å². The van der Waals surface area contributed by atoms with E-state index in [2.05, 4.69) is 4.72 Å². The van der Waals surface area contributed by atoms with Gasteiger partial charge in [0.15, 0.2) is 0 Å². The Bertz CT molecular complexity index is 714. The smallest absolute Gasteiger partial charge is 0.236 e. The van der Waals surface area contributed by atoms with Gasteiger partial charge in [0.2, 0.25) is 10.0 Å². The monoisotopic (exact) mass is 323 g/mol. The van der Waals surface area contributed by atoms with Gasteiger partial charge < -0.3 is 5.11 Å². The molecule has 21 heavy (non-hydrogen) atoms. The van der Waals surface area contributed by atoms with E-state index < -0.39 is 10.0 Å². The van der Waals surface area contributed by atoms with Crippen LogP contribution in [0.15, 0.2) is 53.4 Å². The second-order valence-electron chi connectivity index (χ2n) is 4.54. The summed E-state index contributed by atoms with van der Waals surface area (Å²) in [4.78, 5) is 0.880. The van der Waals surface area contributed by atoms with Crippen molar-refractivity contribution in [1.82, 2.24) is 0 Å². The van der Waals surface area contributed by atoms with Gasteiger partial charge in [0, 0.05) is 4.90 Å². The van der Waals surface area contributed by atoms with Crippen molar-refractivity contribution in [3.05, 3.63) is 59.7 Å². The highest BCUT2D eigenvalue weighted by Gasteiger charge is 2.14. The maximum absolute atomic E-state index is 12.3. The fraction of sp³-hybridized carbons (Fsp3) is 0.200. The number of hydrogen-bond acceptors (Lipinski definition) is 4. The summed E-state index contributed by atoms with van der Waals surface area (Å²) in [6.45, 7) is -0.101. The van der Waals surface area contributed by atoms with E-state index in [1.807, 2.05) is 18.4 Å². The van der Waals surface area contributed by atoms with Gasteiger partial charge in [0.1, 0.15) is 0 Å². The Labute approximate surface area is 129 Å². The lowest BCUT2D eigenvalue weighted by molar-refractivity contribution is 0.282. The predicted octanol–water partition coefficient (Wildman–Crippen LogP) is 2.84. The van der Waals surface area contributed by atoms with Gasteiger partial charge in [-0.25, -0.2) is 8.42 Å². The van der Waals surface area contributed by atoms with Crippen molar-refractivity contribution in [3.8, 4) is 0 Å². The number of aliphatic hydroxyl groups is 1. The number of hydrogen-bond donors (Lipinski definition) is 2. The maximum Gasteiger partial charge on any atom is 0.236 e. The van der Waals surface area contributed by atoms with E-state index in [1.54, 1.807) is 36.4 Å². The summed E-state index contributed by atoms with van der Waals surface area (Å²) in [7, 11) is -3.49. The Balaban J connectivity index is 2.18. The van der Waals surface area contributed by atoms with E-state index in [-0.39, 0.29) is 12.4 Å². The van der Waals surface area contributed by atoms with E-state index in [4.69, 9.17) is 5.11 Å². The van der Waals surface area contributed by atoms with Crippen LogP contribution in [0.3, 0.4) is 0 Å². The number of benzene rings is 2. The minimum atomic E-state index is -3.49. The SMILES string of the molecule is CSc1ccccc1NS(=O)(=O)Cc1cccc(CO)c1. The van der Waals surface area contributed by atoms with E-state index in [1.165, 1.54) is 11.8 Å². The number of para-hydroxylation sites is 1. The summed E-state index contributed by atoms with van der Waals surface area (Å²) in [5, 5.41) is 9.10. The summed E-state index contributed by atoms with van der Waals surface area (Å²) < 4.78 is 27.1. The van der Waals surface area contributed by atoms with Crippen molar-refractivity contribution >= 4 is 27.5 Å². The average molecular weight is 323 g/mol.